The van der Waals surface area contributed by atoms with Gasteiger partial charge < -0.3 is 11.5 Å². The first kappa shape index (κ1) is 8.70. The highest BCUT2D eigenvalue weighted by Gasteiger charge is 2.11. The monoisotopic (exact) mass is 209 g/mol. The fraction of sp³-hybridized carbons (Fsp3) is 0. The molecule has 0 aliphatic heterocycles. The number of carbonyl (C=O) groups excluding carboxylic acids is 1. The van der Waals surface area contributed by atoms with Crippen molar-refractivity contribution < 1.29 is 4.79 Å². The first-order chi connectivity index (χ1) is 6.68. The minimum absolute atomic E-state index is 0.137. The lowest BCUT2D eigenvalue weighted by Gasteiger charge is -1.95. The maximum absolute atomic E-state index is 10.8. The number of nitrogens with zero attached hydrogens (tertiary/aromatic N) is 3. The van der Waals surface area contributed by atoms with E-state index in [1.165, 1.54) is 22.1 Å². The van der Waals surface area contributed by atoms with Gasteiger partial charge in [-0.2, -0.15) is 9.78 Å². The predicted molar refractivity (Wildman–Crippen MR) is 52.2 cm³/mol. The van der Waals surface area contributed by atoms with Crippen molar-refractivity contribution in [1.29, 1.82) is 0 Å². The average molecular weight is 209 g/mol. The van der Waals surface area contributed by atoms with Gasteiger partial charge in [0.25, 0.3) is 5.91 Å². The first-order valence-corrected chi connectivity index (χ1v) is 4.61. The van der Waals surface area contributed by atoms with Crippen molar-refractivity contribution in [3.8, 4) is 5.13 Å². The molecule has 0 unspecified atom stereocenters. The van der Waals surface area contributed by atoms with E-state index in [0.717, 1.165) is 0 Å². The fourth-order valence-corrected chi connectivity index (χ4v) is 1.60. The number of hydrogen-bond acceptors (Lipinski definition) is 5. The molecule has 0 aliphatic rings. The van der Waals surface area contributed by atoms with E-state index in [1.807, 2.05) is 0 Å². The molecule has 2 rings (SSSR count). The van der Waals surface area contributed by atoms with E-state index >= 15 is 0 Å². The number of primary amides is 1. The van der Waals surface area contributed by atoms with Crippen LogP contribution in [0.3, 0.4) is 0 Å². The van der Waals surface area contributed by atoms with Crippen LogP contribution in [0.4, 0.5) is 5.82 Å². The number of nitrogen functional groups attached to an aromatic ring is 1. The van der Waals surface area contributed by atoms with Crippen LogP contribution in [0.1, 0.15) is 10.5 Å². The van der Waals surface area contributed by atoms with E-state index < -0.39 is 5.91 Å². The molecule has 1 amide bonds. The maximum atomic E-state index is 10.8. The molecule has 72 valence electrons. The van der Waals surface area contributed by atoms with Gasteiger partial charge in [0, 0.05) is 17.6 Å². The van der Waals surface area contributed by atoms with Gasteiger partial charge in [0.05, 0.1) is 0 Å². The van der Waals surface area contributed by atoms with Crippen molar-refractivity contribution in [1.82, 2.24) is 14.8 Å². The Morgan fingerprint density at radius 3 is 2.86 bits per heavy atom. The maximum Gasteiger partial charge on any atom is 0.269 e. The lowest BCUT2D eigenvalue weighted by atomic mass is 10.4. The Hall–Kier alpha value is -1.89. The molecule has 0 saturated carbocycles. The van der Waals surface area contributed by atoms with Gasteiger partial charge in [-0.15, -0.1) is 11.3 Å². The minimum Gasteiger partial charge on any atom is -0.383 e. The zero-order valence-electron chi connectivity index (χ0n) is 7.04. The van der Waals surface area contributed by atoms with E-state index in [1.54, 1.807) is 11.6 Å². The summed E-state index contributed by atoms with van der Waals surface area (Å²) in [5.74, 6) is -0.263. The van der Waals surface area contributed by atoms with Crippen LogP contribution in [0.5, 0.6) is 0 Å². The lowest BCUT2D eigenvalue weighted by molar-refractivity contribution is 0.0995. The molecular formula is C7H7N5OS. The van der Waals surface area contributed by atoms with Crippen molar-refractivity contribution in [3.63, 3.8) is 0 Å². The summed E-state index contributed by atoms with van der Waals surface area (Å²) in [7, 11) is 0. The van der Waals surface area contributed by atoms with Crippen LogP contribution in [-0.2, 0) is 0 Å². The van der Waals surface area contributed by atoms with Crippen LogP contribution in [0.15, 0.2) is 17.6 Å². The van der Waals surface area contributed by atoms with Crippen molar-refractivity contribution >= 4 is 23.1 Å². The minimum atomic E-state index is -0.605. The van der Waals surface area contributed by atoms with Crippen LogP contribution in [0.2, 0.25) is 0 Å². The Morgan fingerprint density at radius 2 is 2.36 bits per heavy atom. The Labute approximate surface area is 83.2 Å². The molecule has 7 heteroatoms. The molecule has 0 fully saturated rings. The van der Waals surface area contributed by atoms with E-state index in [2.05, 4.69) is 10.1 Å². The standard InChI is InChI=1S/C7H7N5OS/c8-5-3-4(6(9)13)11-12(5)7-10-1-2-14-7/h1-3H,8H2,(H2,9,13). The number of hydrogen-bond donors (Lipinski definition) is 2. The Morgan fingerprint density at radius 1 is 1.57 bits per heavy atom. The molecule has 4 N–H and O–H groups in total. The van der Waals surface area contributed by atoms with Crippen LogP contribution in [-0.4, -0.2) is 20.7 Å². The van der Waals surface area contributed by atoms with Crippen LogP contribution >= 0.6 is 11.3 Å². The molecule has 0 atom stereocenters. The van der Waals surface area contributed by atoms with Gasteiger partial charge in [-0.3, -0.25) is 4.79 Å². The van der Waals surface area contributed by atoms with Crippen molar-refractivity contribution in [2.24, 2.45) is 5.73 Å². The van der Waals surface area contributed by atoms with Crippen LogP contribution in [0.25, 0.3) is 5.13 Å². The third kappa shape index (κ3) is 1.33. The smallest absolute Gasteiger partial charge is 0.269 e. The number of thiazole rings is 1. The van der Waals surface area contributed by atoms with E-state index in [-0.39, 0.29) is 5.69 Å². The zero-order valence-corrected chi connectivity index (χ0v) is 7.86. The van der Waals surface area contributed by atoms with Gasteiger partial charge in [-0.05, 0) is 0 Å². The van der Waals surface area contributed by atoms with E-state index in [9.17, 15) is 4.79 Å². The normalized spacial score (nSPS) is 10.3. The second kappa shape index (κ2) is 3.11. The number of amides is 1. The molecule has 0 bridgehead atoms. The van der Waals surface area contributed by atoms with Gasteiger partial charge in [0.15, 0.2) is 5.69 Å². The Kier molecular flexibility index (Phi) is 1.93. The zero-order chi connectivity index (χ0) is 10.1. The van der Waals surface area contributed by atoms with Gasteiger partial charge in [0.1, 0.15) is 5.82 Å². The molecule has 0 aliphatic carbocycles. The highest BCUT2D eigenvalue weighted by Crippen LogP contribution is 2.15. The molecule has 0 saturated heterocycles. The summed E-state index contributed by atoms with van der Waals surface area (Å²) in [4.78, 5) is 14.8. The second-order valence-corrected chi connectivity index (χ2v) is 3.42. The highest BCUT2D eigenvalue weighted by atomic mass is 32.1. The molecule has 6 nitrogen and oxygen atoms in total. The van der Waals surface area contributed by atoms with Crippen LogP contribution in [0, 0.1) is 0 Å². The quantitative estimate of drug-likeness (QED) is 0.727. The van der Waals surface area contributed by atoms with Gasteiger partial charge in [-0.25, -0.2) is 4.98 Å². The lowest BCUT2D eigenvalue weighted by Crippen LogP contribution is -2.12. The van der Waals surface area contributed by atoms with Gasteiger partial charge in [0.2, 0.25) is 5.13 Å². The molecule has 2 aromatic heterocycles. The summed E-state index contributed by atoms with van der Waals surface area (Å²) < 4.78 is 1.38. The first-order valence-electron chi connectivity index (χ1n) is 3.73. The molecule has 0 aromatic carbocycles. The molecular weight excluding hydrogens is 202 g/mol. The van der Waals surface area contributed by atoms with Gasteiger partial charge >= 0.3 is 0 Å². The third-order valence-electron chi connectivity index (χ3n) is 1.59. The van der Waals surface area contributed by atoms with E-state index in [4.69, 9.17) is 11.5 Å². The molecule has 2 heterocycles. The number of carbonyl (C=O) groups is 1. The van der Waals surface area contributed by atoms with E-state index in [0.29, 0.717) is 10.9 Å². The summed E-state index contributed by atoms with van der Waals surface area (Å²) in [5, 5.41) is 6.32. The topological polar surface area (TPSA) is 99.8 Å². The number of nitrogens with two attached hydrogens (primary N) is 2. The second-order valence-electron chi connectivity index (χ2n) is 2.55. The Balaban J connectivity index is 2.50. The van der Waals surface area contributed by atoms with Crippen LogP contribution < -0.4 is 11.5 Å². The molecule has 14 heavy (non-hydrogen) atoms. The van der Waals surface area contributed by atoms with Crippen molar-refractivity contribution in [2.75, 3.05) is 5.73 Å². The summed E-state index contributed by atoms with van der Waals surface area (Å²) in [5.41, 5.74) is 10.8. The summed E-state index contributed by atoms with van der Waals surface area (Å²) in [6, 6.07) is 1.42. The fourth-order valence-electron chi connectivity index (χ4n) is 0.990. The third-order valence-corrected chi connectivity index (χ3v) is 2.34. The predicted octanol–water partition coefficient (Wildman–Crippen LogP) is 0.00990. The highest BCUT2D eigenvalue weighted by molar-refractivity contribution is 7.12. The van der Waals surface area contributed by atoms with Crippen molar-refractivity contribution in [2.45, 2.75) is 0 Å². The summed E-state index contributed by atoms with van der Waals surface area (Å²) in [6.07, 6.45) is 1.63. The largest absolute Gasteiger partial charge is 0.383 e. The molecule has 2 aromatic rings. The number of anilines is 1. The van der Waals surface area contributed by atoms with Gasteiger partial charge in [-0.1, -0.05) is 0 Å². The number of aromatic nitrogens is 3. The molecule has 0 radical (unpaired) electrons. The summed E-state index contributed by atoms with van der Waals surface area (Å²) >= 11 is 1.37. The molecule has 0 spiro atoms. The summed E-state index contributed by atoms with van der Waals surface area (Å²) in [6.45, 7) is 0. The van der Waals surface area contributed by atoms with Crippen molar-refractivity contribution in [3.05, 3.63) is 23.3 Å². The number of rotatable bonds is 2. The Bertz CT molecular complexity index is 460. The SMILES string of the molecule is NC(=O)c1cc(N)n(-c2nccs2)n1. The average Bonchev–Trinajstić information content (AvgIpc) is 2.71.